The molecule has 6 heteroatoms. The summed E-state index contributed by atoms with van der Waals surface area (Å²) in [5.41, 5.74) is -0.682. The Kier molecular flexibility index (Phi) is 3.22. The van der Waals surface area contributed by atoms with E-state index in [1.807, 2.05) is 12.2 Å². The highest BCUT2D eigenvalue weighted by Crippen LogP contribution is 2.88. The van der Waals surface area contributed by atoms with Gasteiger partial charge in [0.15, 0.2) is 0 Å². The van der Waals surface area contributed by atoms with E-state index in [9.17, 15) is 16.8 Å². The van der Waals surface area contributed by atoms with Crippen molar-refractivity contribution in [3.63, 3.8) is 0 Å². The van der Waals surface area contributed by atoms with Gasteiger partial charge in [-0.3, -0.25) is 0 Å². The lowest BCUT2D eigenvalue weighted by atomic mass is 9.79. The molecule has 29 heavy (non-hydrogen) atoms. The summed E-state index contributed by atoms with van der Waals surface area (Å²) in [4.78, 5) is 1.44. The van der Waals surface area contributed by atoms with Crippen LogP contribution < -0.4 is 0 Å². The van der Waals surface area contributed by atoms with E-state index >= 15 is 0 Å². The predicted molar refractivity (Wildman–Crippen MR) is 109 cm³/mol. The molecule has 0 aliphatic heterocycles. The standard InChI is InChI=1S/C23H20O4S2/c24-28(25,16-8-3-1-4-9-16)18-14-22-12-7-13-23(22)20(18)21(23)19(15-22)29(26,27)17-10-5-2-6-11-17/h1-6,8-11,14-15,20-21H,7,12-13H2. The number of allylic oxidation sites excluding steroid dienone is 4. The van der Waals surface area contributed by atoms with Crippen LogP contribution in [0.4, 0.5) is 0 Å². The first-order chi connectivity index (χ1) is 13.8. The fourth-order valence-corrected chi connectivity index (χ4v) is 10.1. The van der Waals surface area contributed by atoms with Gasteiger partial charge in [-0.2, -0.15) is 0 Å². The molecule has 0 saturated heterocycles. The molecule has 2 atom stereocenters. The van der Waals surface area contributed by atoms with Crippen LogP contribution in [0.25, 0.3) is 0 Å². The Bertz CT molecular complexity index is 1210. The second-order valence-corrected chi connectivity index (χ2v) is 12.5. The van der Waals surface area contributed by atoms with Gasteiger partial charge in [0.1, 0.15) is 0 Å². The number of hydrogen-bond donors (Lipinski definition) is 0. The van der Waals surface area contributed by atoms with Crippen LogP contribution in [0.2, 0.25) is 0 Å². The Balaban J connectivity index is 1.48. The van der Waals surface area contributed by atoms with Gasteiger partial charge in [0.25, 0.3) is 0 Å². The van der Waals surface area contributed by atoms with Crippen molar-refractivity contribution in [2.75, 3.05) is 0 Å². The molecule has 2 fully saturated rings. The number of hydrogen-bond acceptors (Lipinski definition) is 4. The van der Waals surface area contributed by atoms with E-state index in [0.717, 1.165) is 19.3 Å². The van der Waals surface area contributed by atoms with Crippen LogP contribution in [0.5, 0.6) is 0 Å². The molecule has 148 valence electrons. The van der Waals surface area contributed by atoms with E-state index in [0.29, 0.717) is 9.81 Å². The average Bonchev–Trinajstić information content (AvgIpc) is 2.98. The fourth-order valence-electron chi connectivity index (χ4n) is 6.41. The summed E-state index contributed by atoms with van der Waals surface area (Å²) in [7, 11) is -7.25. The van der Waals surface area contributed by atoms with Crippen molar-refractivity contribution in [3.8, 4) is 0 Å². The van der Waals surface area contributed by atoms with Crippen LogP contribution in [0.3, 0.4) is 0 Å². The van der Waals surface area contributed by atoms with Crippen molar-refractivity contribution in [2.24, 2.45) is 22.7 Å². The van der Waals surface area contributed by atoms with Gasteiger partial charge < -0.3 is 0 Å². The van der Waals surface area contributed by atoms with Crippen LogP contribution in [0.15, 0.2) is 92.4 Å². The summed E-state index contributed by atoms with van der Waals surface area (Å²) in [6, 6.07) is 17.0. The largest absolute Gasteiger partial charge is 0.219 e. The molecular formula is C23H20O4S2. The lowest BCUT2D eigenvalue weighted by Crippen LogP contribution is -2.18. The van der Waals surface area contributed by atoms with Crippen LogP contribution in [0.1, 0.15) is 19.3 Å². The van der Waals surface area contributed by atoms with E-state index in [1.54, 1.807) is 60.7 Å². The highest BCUT2D eigenvalue weighted by atomic mass is 32.2. The molecule has 0 radical (unpaired) electrons. The summed E-state index contributed by atoms with van der Waals surface area (Å²) in [6.45, 7) is 0. The highest BCUT2D eigenvalue weighted by Gasteiger charge is 2.84. The molecule has 2 aromatic rings. The van der Waals surface area contributed by atoms with Crippen LogP contribution in [-0.2, 0) is 19.7 Å². The minimum absolute atomic E-state index is 0.214. The maximum absolute atomic E-state index is 13.4. The van der Waals surface area contributed by atoms with Crippen molar-refractivity contribution in [1.82, 2.24) is 0 Å². The second-order valence-electron chi connectivity index (χ2n) is 8.62. The SMILES string of the molecule is O=S(=O)(C1=CC23C=C(S(=O)(=O)c4ccccc4)C4C1C42CCC3)c1ccccc1. The summed E-state index contributed by atoms with van der Waals surface area (Å²) < 4.78 is 53.6. The quantitative estimate of drug-likeness (QED) is 0.740. The van der Waals surface area contributed by atoms with Crippen molar-refractivity contribution in [1.29, 1.82) is 0 Å². The first-order valence-electron chi connectivity index (χ1n) is 9.90. The van der Waals surface area contributed by atoms with Crippen molar-refractivity contribution in [3.05, 3.63) is 82.6 Å². The van der Waals surface area contributed by atoms with Crippen molar-refractivity contribution < 1.29 is 16.8 Å². The molecule has 6 rings (SSSR count). The molecule has 0 heterocycles. The Labute approximate surface area is 170 Å². The van der Waals surface area contributed by atoms with Crippen LogP contribution in [0, 0.1) is 22.7 Å². The topological polar surface area (TPSA) is 68.3 Å². The van der Waals surface area contributed by atoms with Gasteiger partial charge in [-0.25, -0.2) is 16.8 Å². The molecule has 0 amide bonds. The lowest BCUT2D eigenvalue weighted by Gasteiger charge is -2.23. The maximum atomic E-state index is 13.4. The van der Waals surface area contributed by atoms with Gasteiger partial charge in [-0.15, -0.1) is 0 Å². The summed E-state index contributed by atoms with van der Waals surface area (Å²) in [5, 5.41) is 0. The minimum Gasteiger partial charge on any atom is -0.219 e. The lowest BCUT2D eigenvalue weighted by molar-refractivity contribution is 0.332. The Morgan fingerprint density at radius 2 is 1.10 bits per heavy atom. The Morgan fingerprint density at radius 1 is 0.655 bits per heavy atom. The minimum atomic E-state index is -3.63. The molecule has 4 nitrogen and oxygen atoms in total. The molecule has 0 N–H and O–H groups in total. The van der Waals surface area contributed by atoms with Crippen LogP contribution in [-0.4, -0.2) is 16.8 Å². The molecule has 4 aliphatic rings. The molecular weight excluding hydrogens is 404 g/mol. The molecule has 0 aromatic heterocycles. The van der Waals surface area contributed by atoms with Gasteiger partial charge in [-0.1, -0.05) is 55.0 Å². The molecule has 2 saturated carbocycles. The second kappa shape index (κ2) is 5.29. The maximum Gasteiger partial charge on any atom is 0.202 e. The Morgan fingerprint density at radius 3 is 1.52 bits per heavy atom. The third-order valence-corrected chi connectivity index (χ3v) is 11.3. The molecule has 4 aliphatic carbocycles. The van der Waals surface area contributed by atoms with Gasteiger partial charge in [0.05, 0.1) is 19.6 Å². The number of rotatable bonds is 4. The number of benzene rings is 2. The van der Waals surface area contributed by atoms with E-state index in [-0.39, 0.29) is 27.0 Å². The van der Waals surface area contributed by atoms with E-state index in [1.165, 1.54) is 0 Å². The predicted octanol–water partition coefficient (Wildman–Crippen LogP) is 4.13. The first kappa shape index (κ1) is 17.7. The smallest absolute Gasteiger partial charge is 0.202 e. The summed E-state index contributed by atoms with van der Waals surface area (Å²) >= 11 is 0. The molecule has 0 bridgehead atoms. The number of sulfone groups is 2. The van der Waals surface area contributed by atoms with Crippen molar-refractivity contribution in [2.45, 2.75) is 29.1 Å². The van der Waals surface area contributed by atoms with Gasteiger partial charge >= 0.3 is 0 Å². The van der Waals surface area contributed by atoms with Crippen molar-refractivity contribution >= 4 is 19.7 Å². The summed E-state index contributed by atoms with van der Waals surface area (Å²) in [5.74, 6) is -0.428. The monoisotopic (exact) mass is 424 g/mol. The first-order valence-corrected chi connectivity index (χ1v) is 12.9. The van der Waals surface area contributed by atoms with E-state index in [4.69, 9.17) is 0 Å². The van der Waals surface area contributed by atoms with Gasteiger partial charge in [0.2, 0.25) is 19.7 Å². The zero-order valence-electron chi connectivity index (χ0n) is 15.7. The zero-order chi connectivity index (χ0) is 20.1. The van der Waals surface area contributed by atoms with E-state index in [2.05, 4.69) is 0 Å². The third-order valence-electron chi connectivity index (χ3n) is 7.52. The Hall–Kier alpha value is -2.18. The normalized spacial score (nSPS) is 34.3. The van der Waals surface area contributed by atoms with E-state index < -0.39 is 25.1 Å². The molecule has 2 aromatic carbocycles. The third kappa shape index (κ3) is 1.94. The zero-order valence-corrected chi connectivity index (χ0v) is 17.3. The molecule has 2 unspecified atom stereocenters. The van der Waals surface area contributed by atoms with Crippen LogP contribution >= 0.6 is 0 Å². The fraction of sp³-hybridized carbons (Fsp3) is 0.304. The number of fused-ring (bicyclic) bond motifs is 1. The van der Waals surface area contributed by atoms with Gasteiger partial charge in [-0.05, 0) is 42.5 Å². The highest BCUT2D eigenvalue weighted by molar-refractivity contribution is 7.96. The van der Waals surface area contributed by atoms with Gasteiger partial charge in [0, 0.05) is 17.3 Å². The summed E-state index contributed by atoms with van der Waals surface area (Å²) in [6.07, 6.45) is 6.52. The molecule has 1 spiro atoms. The average molecular weight is 425 g/mol.